The maximum atomic E-state index is 12.9. The number of aryl methyl sites for hydroxylation is 1. The Hall–Kier alpha value is -3.15. The summed E-state index contributed by atoms with van der Waals surface area (Å²) in [6.45, 7) is 6.30. The predicted molar refractivity (Wildman–Crippen MR) is 121 cm³/mol. The van der Waals surface area contributed by atoms with Crippen LogP contribution in [-0.4, -0.2) is 27.6 Å². The molecule has 2 fully saturated rings. The maximum absolute atomic E-state index is 12.9. The van der Waals surface area contributed by atoms with E-state index in [2.05, 4.69) is 46.1 Å². The Labute approximate surface area is 182 Å². The zero-order chi connectivity index (χ0) is 21.4. The van der Waals surface area contributed by atoms with E-state index in [9.17, 15) is 4.79 Å². The lowest BCUT2D eigenvalue weighted by molar-refractivity contribution is 0.274. The molecule has 0 bridgehead atoms. The van der Waals surface area contributed by atoms with E-state index in [0.29, 0.717) is 17.5 Å². The van der Waals surface area contributed by atoms with Gasteiger partial charge in [-0.2, -0.15) is 0 Å². The molecule has 31 heavy (non-hydrogen) atoms. The second kappa shape index (κ2) is 8.17. The van der Waals surface area contributed by atoms with Crippen LogP contribution in [0, 0.1) is 12.8 Å². The molecule has 6 heteroatoms. The highest BCUT2D eigenvalue weighted by atomic mass is 16.5. The van der Waals surface area contributed by atoms with Crippen LogP contribution in [0.4, 0.5) is 5.69 Å². The van der Waals surface area contributed by atoms with Crippen molar-refractivity contribution in [2.45, 2.75) is 45.3 Å². The van der Waals surface area contributed by atoms with Crippen molar-refractivity contribution in [2.75, 3.05) is 18.0 Å². The van der Waals surface area contributed by atoms with Gasteiger partial charge in [-0.05, 0) is 62.4 Å². The Morgan fingerprint density at radius 1 is 1.10 bits per heavy atom. The number of aromatic nitrogens is 3. The van der Waals surface area contributed by atoms with E-state index in [0.717, 1.165) is 24.7 Å². The Kier molecular flexibility index (Phi) is 5.22. The van der Waals surface area contributed by atoms with Gasteiger partial charge in [0.25, 0.3) is 5.56 Å². The Morgan fingerprint density at radius 2 is 1.81 bits per heavy atom. The first-order valence-electron chi connectivity index (χ1n) is 11.1. The monoisotopic (exact) mass is 416 g/mol. The van der Waals surface area contributed by atoms with Crippen molar-refractivity contribution < 1.29 is 4.74 Å². The molecule has 1 aliphatic carbocycles. The number of nitrogens with zero attached hydrogens (tertiary/aromatic N) is 4. The van der Waals surface area contributed by atoms with Gasteiger partial charge in [-0.1, -0.05) is 12.1 Å². The van der Waals surface area contributed by atoms with Crippen molar-refractivity contribution in [3.8, 4) is 5.75 Å². The molecule has 0 N–H and O–H groups in total. The summed E-state index contributed by atoms with van der Waals surface area (Å²) in [5, 5.41) is 0. The first-order valence-corrected chi connectivity index (χ1v) is 11.1. The highest BCUT2D eigenvalue weighted by Crippen LogP contribution is 2.41. The fourth-order valence-electron chi connectivity index (χ4n) is 4.45. The van der Waals surface area contributed by atoms with Gasteiger partial charge in [0.15, 0.2) is 5.82 Å². The molecule has 0 spiro atoms. The van der Waals surface area contributed by atoms with Gasteiger partial charge >= 0.3 is 0 Å². The van der Waals surface area contributed by atoms with Crippen LogP contribution < -0.4 is 15.2 Å². The molecule has 1 saturated carbocycles. The van der Waals surface area contributed by atoms with Gasteiger partial charge in [0.2, 0.25) is 0 Å². The normalized spacial score (nSPS) is 17.3. The number of anilines is 1. The third-order valence-electron chi connectivity index (χ3n) is 6.53. The summed E-state index contributed by atoms with van der Waals surface area (Å²) in [5.41, 5.74) is 3.64. The Morgan fingerprint density at radius 3 is 2.45 bits per heavy atom. The average molecular weight is 417 g/mol. The fourth-order valence-corrected chi connectivity index (χ4v) is 4.45. The van der Waals surface area contributed by atoms with Gasteiger partial charge < -0.3 is 14.2 Å². The molecule has 2 aromatic heterocycles. The van der Waals surface area contributed by atoms with E-state index >= 15 is 0 Å². The third kappa shape index (κ3) is 4.20. The summed E-state index contributed by atoms with van der Waals surface area (Å²) in [4.78, 5) is 23.6. The highest BCUT2D eigenvalue weighted by Gasteiger charge is 2.33. The zero-order valence-electron chi connectivity index (χ0n) is 18.1. The maximum Gasteiger partial charge on any atom is 0.254 e. The second-order valence-corrected chi connectivity index (χ2v) is 8.77. The van der Waals surface area contributed by atoms with Gasteiger partial charge in [0, 0.05) is 54.9 Å². The molecule has 1 aromatic carbocycles. The quantitative estimate of drug-likeness (QED) is 0.580. The number of ether oxygens (including phenoxy) is 1. The van der Waals surface area contributed by atoms with Gasteiger partial charge in [0.05, 0.1) is 0 Å². The molecular weight excluding hydrogens is 388 g/mol. The lowest BCUT2D eigenvalue weighted by atomic mass is 9.91. The molecule has 3 aromatic rings. The summed E-state index contributed by atoms with van der Waals surface area (Å²) in [6, 6.07) is 14.4. The topological polar surface area (TPSA) is 60.3 Å². The average Bonchev–Trinajstić information content (AvgIpc) is 3.57. The van der Waals surface area contributed by atoms with Crippen LogP contribution in [0.5, 0.6) is 5.75 Å². The van der Waals surface area contributed by atoms with Crippen LogP contribution in [0.3, 0.4) is 0 Å². The molecule has 0 amide bonds. The lowest BCUT2D eigenvalue weighted by Gasteiger charge is -2.44. The van der Waals surface area contributed by atoms with Crippen LogP contribution in [0.1, 0.15) is 48.8 Å². The molecule has 1 saturated heterocycles. The van der Waals surface area contributed by atoms with Gasteiger partial charge in [-0.3, -0.25) is 4.79 Å². The first-order chi connectivity index (χ1) is 15.1. The van der Waals surface area contributed by atoms with Gasteiger partial charge in [0.1, 0.15) is 12.4 Å². The van der Waals surface area contributed by atoms with E-state index < -0.39 is 0 Å². The van der Waals surface area contributed by atoms with E-state index in [1.165, 1.54) is 24.1 Å². The van der Waals surface area contributed by atoms with Crippen LogP contribution >= 0.6 is 0 Å². The zero-order valence-corrected chi connectivity index (χ0v) is 18.1. The van der Waals surface area contributed by atoms with Crippen molar-refractivity contribution >= 4 is 5.69 Å². The van der Waals surface area contributed by atoms with Crippen molar-refractivity contribution in [2.24, 2.45) is 5.92 Å². The number of rotatable bonds is 7. The lowest BCUT2D eigenvalue weighted by Crippen LogP contribution is -2.51. The van der Waals surface area contributed by atoms with Crippen molar-refractivity contribution in [3.05, 3.63) is 82.3 Å². The van der Waals surface area contributed by atoms with E-state index in [1.807, 2.05) is 17.6 Å². The molecule has 0 radical (unpaired) electrons. The van der Waals surface area contributed by atoms with Crippen molar-refractivity contribution in [1.29, 1.82) is 0 Å². The standard InChI is InChI=1S/C25H28N4O2/c1-17-12-23(31-16-24-26-10-3-11-27-24)13-25(30)29(17)18(2)21-14-28(15-21)22-8-6-20(7-9-22)19-4-5-19/h3,6-13,18-19,21H,4-5,14-16H2,1-2H3. The number of hydrogen-bond acceptors (Lipinski definition) is 5. The van der Waals surface area contributed by atoms with E-state index in [-0.39, 0.29) is 18.2 Å². The molecular formula is C25H28N4O2. The largest absolute Gasteiger partial charge is 0.485 e. The van der Waals surface area contributed by atoms with Gasteiger partial charge in [-0.15, -0.1) is 0 Å². The summed E-state index contributed by atoms with van der Waals surface area (Å²) >= 11 is 0. The van der Waals surface area contributed by atoms with Crippen LogP contribution in [0.2, 0.25) is 0 Å². The van der Waals surface area contributed by atoms with Crippen LogP contribution in [0.25, 0.3) is 0 Å². The minimum Gasteiger partial charge on any atom is -0.485 e. The molecule has 1 atom stereocenters. The smallest absolute Gasteiger partial charge is 0.254 e. The summed E-state index contributed by atoms with van der Waals surface area (Å²) in [6.07, 6.45) is 6.03. The van der Waals surface area contributed by atoms with Crippen LogP contribution in [-0.2, 0) is 6.61 Å². The highest BCUT2D eigenvalue weighted by molar-refractivity contribution is 5.50. The Balaban J connectivity index is 1.22. The summed E-state index contributed by atoms with van der Waals surface area (Å²) in [5.74, 6) is 2.39. The number of hydrogen-bond donors (Lipinski definition) is 0. The molecule has 3 heterocycles. The molecule has 6 nitrogen and oxygen atoms in total. The molecule has 2 aliphatic rings. The molecule has 5 rings (SSSR count). The minimum atomic E-state index is -0.0243. The van der Waals surface area contributed by atoms with Crippen molar-refractivity contribution in [3.63, 3.8) is 0 Å². The minimum absolute atomic E-state index is 0.0243. The first kappa shape index (κ1) is 19.8. The summed E-state index contributed by atoms with van der Waals surface area (Å²) in [7, 11) is 0. The van der Waals surface area contributed by atoms with Crippen LogP contribution in [0.15, 0.2) is 59.7 Å². The summed E-state index contributed by atoms with van der Waals surface area (Å²) < 4.78 is 7.64. The Bertz CT molecular complexity index is 1100. The second-order valence-electron chi connectivity index (χ2n) is 8.77. The van der Waals surface area contributed by atoms with Gasteiger partial charge in [-0.25, -0.2) is 9.97 Å². The number of pyridine rings is 1. The number of benzene rings is 1. The molecule has 1 aliphatic heterocycles. The third-order valence-corrected chi connectivity index (χ3v) is 6.53. The van der Waals surface area contributed by atoms with E-state index in [1.54, 1.807) is 24.5 Å². The molecule has 1 unspecified atom stereocenters. The SMILES string of the molecule is Cc1cc(OCc2ncccn2)cc(=O)n1C(C)C1CN(c2ccc(C3CC3)cc2)C1. The fraction of sp³-hybridized carbons (Fsp3) is 0.400. The predicted octanol–water partition coefficient (Wildman–Crippen LogP) is 4.10. The van der Waals surface area contributed by atoms with E-state index in [4.69, 9.17) is 4.74 Å². The molecule has 160 valence electrons. The van der Waals surface area contributed by atoms with Crippen molar-refractivity contribution in [1.82, 2.24) is 14.5 Å².